The van der Waals surface area contributed by atoms with Crippen LogP contribution in [0.15, 0.2) is 29.3 Å². The third kappa shape index (κ3) is 5.87. The first-order valence-corrected chi connectivity index (χ1v) is 11.3. The summed E-state index contributed by atoms with van der Waals surface area (Å²) in [5.74, 6) is 1.02. The van der Waals surface area contributed by atoms with Gasteiger partial charge in [-0.1, -0.05) is 31.2 Å². The highest BCUT2D eigenvalue weighted by atomic mass is 127. The number of hydrogen-bond donors (Lipinski definition) is 1. The van der Waals surface area contributed by atoms with Crippen molar-refractivity contribution in [3.8, 4) is 0 Å². The maximum Gasteiger partial charge on any atom is 0.193 e. The molecular weight excluding hydrogens is 489 g/mol. The topological polar surface area (TPSA) is 43.3 Å². The molecule has 4 rings (SSSR count). The smallest absolute Gasteiger partial charge is 0.193 e. The maximum absolute atomic E-state index is 5.66. The van der Waals surface area contributed by atoms with Gasteiger partial charge in [0.25, 0.3) is 0 Å². The highest BCUT2D eigenvalue weighted by Crippen LogP contribution is 2.38. The largest absolute Gasteiger partial charge is 0.381 e. The van der Waals surface area contributed by atoms with Crippen LogP contribution in [-0.2, 0) is 17.8 Å². The van der Waals surface area contributed by atoms with Gasteiger partial charge in [-0.15, -0.1) is 24.0 Å². The Balaban J connectivity index is 0.00000256. The molecule has 6 nitrogen and oxygen atoms in total. The van der Waals surface area contributed by atoms with Crippen molar-refractivity contribution in [1.29, 1.82) is 0 Å². The number of nitrogens with zero attached hydrogens (tertiary/aromatic N) is 4. The van der Waals surface area contributed by atoms with Gasteiger partial charge in [0.1, 0.15) is 0 Å². The van der Waals surface area contributed by atoms with E-state index in [0.717, 1.165) is 45.4 Å². The fraction of sp³-hybridized carbons (Fsp3) is 0.696. The molecule has 0 aliphatic carbocycles. The summed E-state index contributed by atoms with van der Waals surface area (Å²) in [6.45, 7) is 14.0. The van der Waals surface area contributed by atoms with Crippen LogP contribution in [0.3, 0.4) is 0 Å². The second-order valence-corrected chi connectivity index (χ2v) is 8.90. The van der Waals surface area contributed by atoms with Crippen molar-refractivity contribution in [1.82, 2.24) is 20.0 Å². The summed E-state index contributed by atoms with van der Waals surface area (Å²) in [5.41, 5.74) is 3.08. The van der Waals surface area contributed by atoms with Gasteiger partial charge in [0.2, 0.25) is 0 Å². The molecule has 0 amide bonds. The van der Waals surface area contributed by atoms with Gasteiger partial charge in [0.15, 0.2) is 5.96 Å². The van der Waals surface area contributed by atoms with Crippen LogP contribution in [0.25, 0.3) is 0 Å². The van der Waals surface area contributed by atoms with E-state index in [1.54, 1.807) is 0 Å². The van der Waals surface area contributed by atoms with E-state index in [9.17, 15) is 0 Å². The standard InChI is InChI=1S/C23H37N5O.HI/c1-3-26-11-13-27(14-12-26)17-21-6-4-20(5-7-21)16-25-22(24-2)28-10-8-23(18-28)9-15-29-19-23;/h4-7H,3,8-19H2,1-2H3,(H,24,25);1H. The molecule has 3 aliphatic heterocycles. The molecule has 3 fully saturated rings. The summed E-state index contributed by atoms with van der Waals surface area (Å²) in [7, 11) is 1.89. The zero-order valence-electron chi connectivity index (χ0n) is 18.6. The fourth-order valence-corrected chi connectivity index (χ4v) is 4.89. The molecule has 3 aliphatic rings. The van der Waals surface area contributed by atoms with Gasteiger partial charge >= 0.3 is 0 Å². The minimum Gasteiger partial charge on any atom is -0.381 e. The fourth-order valence-electron chi connectivity index (χ4n) is 4.89. The van der Waals surface area contributed by atoms with Crippen molar-refractivity contribution in [2.75, 3.05) is 66.1 Å². The van der Waals surface area contributed by atoms with Crippen LogP contribution >= 0.6 is 24.0 Å². The molecule has 0 saturated carbocycles. The van der Waals surface area contributed by atoms with E-state index in [-0.39, 0.29) is 24.0 Å². The number of rotatable bonds is 5. The summed E-state index contributed by atoms with van der Waals surface area (Å²) < 4.78 is 5.66. The van der Waals surface area contributed by atoms with Crippen molar-refractivity contribution in [3.63, 3.8) is 0 Å². The molecule has 3 heterocycles. The summed E-state index contributed by atoms with van der Waals surface area (Å²) in [6, 6.07) is 9.09. The van der Waals surface area contributed by atoms with Crippen molar-refractivity contribution in [2.24, 2.45) is 10.4 Å². The first kappa shape index (κ1) is 23.8. The molecule has 7 heteroatoms. The summed E-state index contributed by atoms with van der Waals surface area (Å²) in [5, 5.41) is 3.57. The van der Waals surface area contributed by atoms with Crippen LogP contribution in [0.4, 0.5) is 0 Å². The van der Waals surface area contributed by atoms with Crippen molar-refractivity contribution < 1.29 is 4.74 Å². The van der Waals surface area contributed by atoms with Crippen LogP contribution in [0.1, 0.15) is 30.9 Å². The van der Waals surface area contributed by atoms with Crippen molar-refractivity contribution in [2.45, 2.75) is 32.9 Å². The first-order chi connectivity index (χ1) is 14.2. The molecule has 1 aromatic carbocycles. The van der Waals surface area contributed by atoms with Crippen molar-refractivity contribution in [3.05, 3.63) is 35.4 Å². The van der Waals surface area contributed by atoms with E-state index < -0.39 is 0 Å². The minimum absolute atomic E-state index is 0. The Morgan fingerprint density at radius 1 is 1.03 bits per heavy atom. The Bertz CT molecular complexity index is 681. The lowest BCUT2D eigenvalue weighted by Crippen LogP contribution is -2.45. The van der Waals surface area contributed by atoms with Crippen LogP contribution < -0.4 is 5.32 Å². The number of likely N-dealkylation sites (N-methyl/N-ethyl adjacent to an activating group) is 1. The number of benzene rings is 1. The summed E-state index contributed by atoms with van der Waals surface area (Å²) in [6.07, 6.45) is 2.41. The minimum atomic E-state index is 0. The van der Waals surface area contributed by atoms with E-state index in [0.29, 0.717) is 5.41 Å². The SMILES string of the molecule is CCN1CCN(Cc2ccc(CNC(=NC)N3CCC4(CCOC4)C3)cc2)CC1.I. The monoisotopic (exact) mass is 527 g/mol. The number of halogens is 1. The molecule has 1 aromatic rings. The van der Waals surface area contributed by atoms with Gasteiger partial charge in [-0.3, -0.25) is 9.89 Å². The van der Waals surface area contributed by atoms with Crippen LogP contribution in [-0.4, -0.2) is 86.7 Å². The lowest BCUT2D eigenvalue weighted by Gasteiger charge is -2.34. The molecule has 1 unspecified atom stereocenters. The zero-order valence-corrected chi connectivity index (χ0v) is 20.9. The summed E-state index contributed by atoms with van der Waals surface area (Å²) >= 11 is 0. The van der Waals surface area contributed by atoms with E-state index in [4.69, 9.17) is 4.74 Å². The number of guanidine groups is 1. The highest BCUT2D eigenvalue weighted by Gasteiger charge is 2.42. The molecule has 30 heavy (non-hydrogen) atoms. The maximum atomic E-state index is 5.66. The van der Waals surface area contributed by atoms with E-state index in [1.165, 1.54) is 56.7 Å². The van der Waals surface area contributed by atoms with E-state index >= 15 is 0 Å². The molecular formula is C23H38IN5O. The van der Waals surface area contributed by atoms with E-state index in [2.05, 4.69) is 56.2 Å². The number of nitrogens with one attached hydrogen (secondary N) is 1. The summed E-state index contributed by atoms with van der Waals surface area (Å²) in [4.78, 5) is 12.0. The van der Waals surface area contributed by atoms with Gasteiger partial charge in [0.05, 0.1) is 6.61 Å². The third-order valence-electron chi connectivity index (χ3n) is 6.93. The Kier molecular flexibility index (Phi) is 8.80. The molecule has 0 bridgehead atoms. The Morgan fingerprint density at radius 3 is 2.37 bits per heavy atom. The quantitative estimate of drug-likeness (QED) is 0.363. The molecule has 1 spiro atoms. The van der Waals surface area contributed by atoms with Gasteiger partial charge in [0, 0.05) is 71.4 Å². The highest BCUT2D eigenvalue weighted by molar-refractivity contribution is 14.0. The second kappa shape index (κ2) is 11.1. The second-order valence-electron chi connectivity index (χ2n) is 8.90. The molecule has 0 radical (unpaired) electrons. The lowest BCUT2D eigenvalue weighted by atomic mass is 9.87. The number of piperazine rings is 1. The van der Waals surface area contributed by atoms with E-state index in [1.807, 2.05) is 7.05 Å². The average Bonchev–Trinajstić information content (AvgIpc) is 3.40. The van der Waals surface area contributed by atoms with Crippen LogP contribution in [0, 0.1) is 5.41 Å². The number of ether oxygens (including phenoxy) is 1. The Morgan fingerprint density at radius 2 is 1.73 bits per heavy atom. The number of aliphatic imine (C=N–C) groups is 1. The predicted octanol–water partition coefficient (Wildman–Crippen LogP) is 2.63. The molecule has 168 valence electrons. The Hall–Kier alpha value is -0.900. The average molecular weight is 527 g/mol. The van der Waals surface area contributed by atoms with Crippen LogP contribution in [0.5, 0.6) is 0 Å². The number of likely N-dealkylation sites (tertiary alicyclic amines) is 1. The molecule has 1 atom stereocenters. The first-order valence-electron chi connectivity index (χ1n) is 11.3. The van der Waals surface area contributed by atoms with Gasteiger partial charge in [-0.05, 0) is 30.5 Å². The predicted molar refractivity (Wildman–Crippen MR) is 134 cm³/mol. The van der Waals surface area contributed by atoms with Crippen molar-refractivity contribution >= 4 is 29.9 Å². The van der Waals surface area contributed by atoms with Gasteiger partial charge in [-0.2, -0.15) is 0 Å². The molecule has 0 aromatic heterocycles. The third-order valence-corrected chi connectivity index (χ3v) is 6.93. The van der Waals surface area contributed by atoms with Crippen LogP contribution in [0.2, 0.25) is 0 Å². The Labute approximate surface area is 199 Å². The lowest BCUT2D eigenvalue weighted by molar-refractivity contribution is 0.132. The van der Waals surface area contributed by atoms with Gasteiger partial charge in [-0.25, -0.2) is 0 Å². The molecule has 1 N–H and O–H groups in total. The molecule has 3 saturated heterocycles. The number of hydrogen-bond acceptors (Lipinski definition) is 4. The zero-order chi connectivity index (χ0) is 20.1. The van der Waals surface area contributed by atoms with Gasteiger partial charge < -0.3 is 19.9 Å². The normalized spacial score (nSPS) is 25.7.